The van der Waals surface area contributed by atoms with Gasteiger partial charge in [0, 0.05) is 10.0 Å². The SMILES string of the molecule is COc1cc(C=NN2C(=O)C3C4C=CC(C4)C3C2=O)c(Br)c(Br)c1O. The molecule has 2 fully saturated rings. The zero-order valence-corrected chi connectivity index (χ0v) is 16.3. The van der Waals surface area contributed by atoms with Crippen LogP contribution >= 0.6 is 31.9 Å². The molecule has 25 heavy (non-hydrogen) atoms. The number of ether oxygens (including phenoxy) is 1. The summed E-state index contributed by atoms with van der Waals surface area (Å²) in [6.07, 6.45) is 6.40. The fourth-order valence-corrected chi connectivity index (χ4v) is 4.81. The van der Waals surface area contributed by atoms with Gasteiger partial charge in [-0.25, -0.2) is 0 Å². The standard InChI is InChI=1S/C17H14Br2N2O4/c1-25-10-5-9(13(18)14(19)15(10)22)6-20-21-16(23)11-7-2-3-8(4-7)12(11)17(21)24/h2-3,5-8,11-12,22H,4H2,1H3. The van der Waals surface area contributed by atoms with Gasteiger partial charge in [-0.15, -0.1) is 0 Å². The first-order chi connectivity index (χ1) is 11.9. The second-order valence-corrected chi connectivity index (χ2v) is 7.96. The zero-order chi connectivity index (χ0) is 17.9. The second kappa shape index (κ2) is 5.95. The lowest BCUT2D eigenvalue weighted by Gasteiger charge is -2.13. The summed E-state index contributed by atoms with van der Waals surface area (Å²) in [4.78, 5) is 25.2. The minimum atomic E-state index is -0.274. The van der Waals surface area contributed by atoms with E-state index >= 15 is 0 Å². The highest BCUT2D eigenvalue weighted by Crippen LogP contribution is 2.52. The van der Waals surface area contributed by atoms with Crippen LogP contribution in [0.1, 0.15) is 12.0 Å². The molecule has 0 aromatic heterocycles. The number of hydrogen-bond donors (Lipinski definition) is 1. The quantitative estimate of drug-likeness (QED) is 0.419. The van der Waals surface area contributed by atoms with Gasteiger partial charge in [0.15, 0.2) is 11.5 Å². The van der Waals surface area contributed by atoms with Gasteiger partial charge in [-0.2, -0.15) is 10.1 Å². The summed E-state index contributed by atoms with van der Waals surface area (Å²) >= 11 is 6.63. The van der Waals surface area contributed by atoms with Gasteiger partial charge >= 0.3 is 0 Å². The van der Waals surface area contributed by atoms with E-state index in [-0.39, 0.29) is 47.0 Å². The monoisotopic (exact) mass is 468 g/mol. The fraction of sp³-hybridized carbons (Fsp3) is 0.353. The van der Waals surface area contributed by atoms with E-state index in [4.69, 9.17) is 4.74 Å². The number of hydrazone groups is 1. The molecule has 130 valence electrons. The van der Waals surface area contributed by atoms with E-state index < -0.39 is 0 Å². The van der Waals surface area contributed by atoms with Gasteiger partial charge in [0.25, 0.3) is 11.8 Å². The van der Waals surface area contributed by atoms with E-state index in [0.717, 1.165) is 11.4 Å². The van der Waals surface area contributed by atoms with Crippen LogP contribution in [0.5, 0.6) is 11.5 Å². The summed E-state index contributed by atoms with van der Waals surface area (Å²) < 4.78 is 6.07. The van der Waals surface area contributed by atoms with Crippen molar-refractivity contribution in [1.29, 1.82) is 0 Å². The molecule has 4 atom stereocenters. The van der Waals surface area contributed by atoms with Gasteiger partial charge in [0.1, 0.15) is 0 Å². The van der Waals surface area contributed by atoms with Crippen molar-refractivity contribution in [3.8, 4) is 11.5 Å². The lowest BCUT2D eigenvalue weighted by Crippen LogP contribution is -2.28. The number of carbonyl (C=O) groups is 2. The van der Waals surface area contributed by atoms with Crippen LogP contribution in [0.25, 0.3) is 0 Å². The molecular weight excluding hydrogens is 456 g/mol. The minimum absolute atomic E-state index is 0.0444. The van der Waals surface area contributed by atoms with E-state index in [0.29, 0.717) is 14.5 Å². The van der Waals surface area contributed by atoms with Crippen molar-refractivity contribution in [3.05, 3.63) is 32.7 Å². The number of rotatable bonds is 3. The lowest BCUT2D eigenvalue weighted by atomic mass is 9.85. The molecule has 1 aromatic carbocycles. The van der Waals surface area contributed by atoms with Gasteiger partial charge in [-0.1, -0.05) is 12.2 Å². The molecule has 8 heteroatoms. The summed E-state index contributed by atoms with van der Waals surface area (Å²) in [5, 5.41) is 15.1. The van der Waals surface area contributed by atoms with Gasteiger partial charge < -0.3 is 9.84 Å². The summed E-state index contributed by atoms with van der Waals surface area (Å²) in [5.74, 6) is -0.490. The Morgan fingerprint density at radius 1 is 1.20 bits per heavy atom. The Morgan fingerprint density at radius 3 is 2.36 bits per heavy atom. The first-order valence-corrected chi connectivity index (χ1v) is 9.37. The Balaban J connectivity index is 1.64. The maximum absolute atomic E-state index is 12.6. The third-order valence-electron chi connectivity index (χ3n) is 5.15. The molecule has 1 heterocycles. The van der Waals surface area contributed by atoms with Crippen LogP contribution in [0.2, 0.25) is 0 Å². The Kier molecular flexibility index (Phi) is 3.99. The predicted molar refractivity (Wildman–Crippen MR) is 97.2 cm³/mol. The first-order valence-electron chi connectivity index (χ1n) is 7.79. The number of fused-ring (bicyclic) bond motifs is 5. The molecule has 1 saturated heterocycles. The van der Waals surface area contributed by atoms with E-state index in [9.17, 15) is 14.7 Å². The second-order valence-electron chi connectivity index (χ2n) is 6.38. The van der Waals surface area contributed by atoms with Crippen LogP contribution in [0.15, 0.2) is 32.3 Å². The van der Waals surface area contributed by atoms with Crippen molar-refractivity contribution in [2.24, 2.45) is 28.8 Å². The maximum atomic E-state index is 12.6. The molecule has 0 spiro atoms. The average Bonchev–Trinajstić information content (AvgIpc) is 3.28. The highest BCUT2D eigenvalue weighted by molar-refractivity contribution is 9.13. The van der Waals surface area contributed by atoms with Crippen molar-refractivity contribution >= 4 is 49.9 Å². The first kappa shape index (κ1) is 16.8. The molecule has 3 aliphatic rings. The number of benzene rings is 1. The van der Waals surface area contributed by atoms with Crippen molar-refractivity contribution in [1.82, 2.24) is 5.01 Å². The number of carbonyl (C=O) groups excluding carboxylic acids is 2. The Labute approximate surface area is 160 Å². The van der Waals surface area contributed by atoms with Crippen LogP contribution in [-0.2, 0) is 9.59 Å². The third kappa shape index (κ3) is 2.38. The molecule has 6 nitrogen and oxygen atoms in total. The molecule has 2 amide bonds. The van der Waals surface area contributed by atoms with Gasteiger partial charge in [-0.05, 0) is 56.2 Å². The normalized spacial score (nSPS) is 30.0. The largest absolute Gasteiger partial charge is 0.503 e. The number of hydrogen-bond acceptors (Lipinski definition) is 5. The Bertz CT molecular complexity index is 822. The number of amides is 2. The van der Waals surface area contributed by atoms with Crippen LogP contribution in [-0.4, -0.2) is 35.3 Å². The number of halogens is 2. The predicted octanol–water partition coefficient (Wildman–Crippen LogP) is 3.07. The number of phenolic OH excluding ortho intramolecular Hbond substituents is 1. The highest BCUT2D eigenvalue weighted by atomic mass is 79.9. The smallest absolute Gasteiger partial charge is 0.254 e. The molecule has 0 radical (unpaired) electrons. The van der Waals surface area contributed by atoms with Crippen LogP contribution < -0.4 is 4.74 Å². The van der Waals surface area contributed by atoms with E-state index in [1.807, 2.05) is 12.2 Å². The Morgan fingerprint density at radius 2 is 1.80 bits per heavy atom. The number of methoxy groups -OCH3 is 1. The van der Waals surface area contributed by atoms with Gasteiger partial charge in [0.05, 0.1) is 29.6 Å². The molecule has 4 unspecified atom stereocenters. The zero-order valence-electron chi connectivity index (χ0n) is 13.1. The summed E-state index contributed by atoms with van der Waals surface area (Å²) in [6.45, 7) is 0. The number of aromatic hydroxyl groups is 1. The number of nitrogens with zero attached hydrogens (tertiary/aromatic N) is 2. The molecule has 2 aliphatic carbocycles. The highest BCUT2D eigenvalue weighted by Gasteiger charge is 2.59. The summed E-state index contributed by atoms with van der Waals surface area (Å²) in [6, 6.07) is 1.57. The van der Waals surface area contributed by atoms with Crippen molar-refractivity contribution in [3.63, 3.8) is 0 Å². The van der Waals surface area contributed by atoms with Crippen molar-refractivity contribution in [2.45, 2.75) is 6.42 Å². The molecular formula is C17H14Br2N2O4. The number of phenols is 1. The van der Waals surface area contributed by atoms with Gasteiger partial charge in [-0.3, -0.25) is 9.59 Å². The number of allylic oxidation sites excluding steroid dienone is 2. The van der Waals surface area contributed by atoms with Crippen molar-refractivity contribution in [2.75, 3.05) is 7.11 Å². The molecule has 1 aromatic rings. The van der Waals surface area contributed by atoms with Crippen molar-refractivity contribution < 1.29 is 19.4 Å². The molecule has 4 rings (SSSR count). The van der Waals surface area contributed by atoms with E-state index in [1.54, 1.807) is 6.07 Å². The van der Waals surface area contributed by atoms with Gasteiger partial charge in [0.2, 0.25) is 0 Å². The molecule has 2 bridgehead atoms. The molecule has 1 aliphatic heterocycles. The van der Waals surface area contributed by atoms with E-state index in [1.165, 1.54) is 13.3 Å². The lowest BCUT2D eigenvalue weighted by molar-refractivity contribution is -0.140. The average molecular weight is 470 g/mol. The maximum Gasteiger partial charge on any atom is 0.254 e. The summed E-state index contributed by atoms with van der Waals surface area (Å²) in [7, 11) is 1.44. The summed E-state index contributed by atoms with van der Waals surface area (Å²) in [5.41, 5.74) is 0.570. The molecule has 1 saturated carbocycles. The Hall–Kier alpha value is -1.67. The molecule has 1 N–H and O–H groups in total. The van der Waals surface area contributed by atoms with Crippen LogP contribution in [0.3, 0.4) is 0 Å². The fourth-order valence-electron chi connectivity index (χ4n) is 3.98. The van der Waals surface area contributed by atoms with E-state index in [2.05, 4.69) is 37.0 Å². The number of imide groups is 1. The van der Waals surface area contributed by atoms with Crippen LogP contribution in [0.4, 0.5) is 0 Å². The minimum Gasteiger partial charge on any atom is -0.503 e. The topological polar surface area (TPSA) is 79.2 Å². The third-order valence-corrected chi connectivity index (χ3v) is 7.31. The van der Waals surface area contributed by atoms with Crippen LogP contribution in [0, 0.1) is 23.7 Å².